The quantitative estimate of drug-likeness (QED) is 0.174. The lowest BCUT2D eigenvalue weighted by molar-refractivity contribution is -0.135. The number of hydrogen-bond donors (Lipinski definition) is 1. The van der Waals surface area contributed by atoms with Gasteiger partial charge < -0.3 is 9.84 Å². The lowest BCUT2D eigenvalue weighted by Gasteiger charge is -2.55. The molecule has 1 saturated heterocycles. The summed E-state index contributed by atoms with van der Waals surface area (Å²) in [5.74, 6) is -4.49. The largest absolute Gasteiger partial charge is 0.508 e. The number of carbonyl (C=O) groups is 4. The standard InChI is InChI=1S/C42H34ClNO6/c1-23-13-14-26(19-34(23)43)44-40(48)30-18-17-28-32(37(30)41(44)49)21-33-39(47)31(24-9-5-3-6-10-24)22-36(46)42(33,25-11-7-4-8-12-25)38(28)29-16-15-27(50-2)20-35(29)45/h3-17,19-20,22,30,32-33,37-38,45H,18,21H2,1-2H3. The molecule has 4 aliphatic rings. The molecule has 4 aromatic rings. The number of nitrogens with zero attached hydrogens (tertiary/aromatic N) is 1. The Morgan fingerprint density at radius 2 is 1.58 bits per heavy atom. The van der Waals surface area contributed by atoms with Gasteiger partial charge in [0, 0.05) is 34.1 Å². The van der Waals surface area contributed by atoms with Crippen molar-refractivity contribution in [1.29, 1.82) is 0 Å². The van der Waals surface area contributed by atoms with E-state index in [2.05, 4.69) is 0 Å². The van der Waals surface area contributed by atoms with Crippen LogP contribution in [0.3, 0.4) is 0 Å². The van der Waals surface area contributed by atoms with Gasteiger partial charge in [0.15, 0.2) is 11.6 Å². The van der Waals surface area contributed by atoms with Crippen LogP contribution >= 0.6 is 11.6 Å². The fourth-order valence-corrected chi connectivity index (χ4v) is 9.26. The molecule has 6 unspecified atom stereocenters. The number of allylic oxidation sites excluding steroid dienone is 4. The van der Waals surface area contributed by atoms with E-state index in [-0.39, 0.29) is 42.0 Å². The zero-order valence-corrected chi connectivity index (χ0v) is 28.3. The molecular formula is C42H34ClNO6. The predicted molar refractivity (Wildman–Crippen MR) is 190 cm³/mol. The minimum atomic E-state index is -1.44. The summed E-state index contributed by atoms with van der Waals surface area (Å²) in [7, 11) is 1.51. The molecule has 1 aliphatic heterocycles. The van der Waals surface area contributed by atoms with Crippen molar-refractivity contribution in [2.75, 3.05) is 12.0 Å². The molecule has 2 fully saturated rings. The van der Waals surface area contributed by atoms with Crippen molar-refractivity contribution in [3.8, 4) is 11.5 Å². The van der Waals surface area contributed by atoms with Crippen LogP contribution in [0.15, 0.2) is 115 Å². The molecule has 0 spiro atoms. The summed E-state index contributed by atoms with van der Waals surface area (Å²) in [6.07, 6.45) is 3.89. The molecule has 3 aliphatic carbocycles. The van der Waals surface area contributed by atoms with Crippen LogP contribution in [0.2, 0.25) is 5.02 Å². The lowest BCUT2D eigenvalue weighted by Crippen LogP contribution is -2.58. The summed E-state index contributed by atoms with van der Waals surface area (Å²) in [5, 5.41) is 12.1. The Hall–Kier alpha value is -5.27. The van der Waals surface area contributed by atoms with Gasteiger partial charge in [-0.1, -0.05) is 96.0 Å². The zero-order valence-electron chi connectivity index (χ0n) is 27.5. The van der Waals surface area contributed by atoms with Crippen molar-refractivity contribution in [2.45, 2.75) is 31.1 Å². The fraction of sp³-hybridized carbons (Fsp3) is 0.238. The number of rotatable bonds is 5. The first-order valence-electron chi connectivity index (χ1n) is 16.8. The van der Waals surface area contributed by atoms with Crippen molar-refractivity contribution in [3.63, 3.8) is 0 Å². The third kappa shape index (κ3) is 4.56. The highest BCUT2D eigenvalue weighted by Crippen LogP contribution is 2.64. The van der Waals surface area contributed by atoms with Crippen molar-refractivity contribution in [1.82, 2.24) is 0 Å². The topological polar surface area (TPSA) is 101 Å². The van der Waals surface area contributed by atoms with E-state index in [0.29, 0.717) is 38.7 Å². The monoisotopic (exact) mass is 683 g/mol. The first-order valence-corrected chi connectivity index (χ1v) is 17.2. The number of carbonyl (C=O) groups excluding carboxylic acids is 4. The number of Topliss-reactive ketones (excluding diaryl/α,β-unsaturated/α-hetero) is 1. The van der Waals surface area contributed by atoms with Crippen LogP contribution in [-0.2, 0) is 24.6 Å². The summed E-state index contributed by atoms with van der Waals surface area (Å²) in [5.41, 5.74) is 2.61. The summed E-state index contributed by atoms with van der Waals surface area (Å²) in [6, 6.07) is 28.5. The molecule has 8 rings (SSSR count). The molecule has 1 N–H and O–H groups in total. The van der Waals surface area contributed by atoms with Crippen LogP contribution in [0.5, 0.6) is 11.5 Å². The Balaban J connectivity index is 1.36. The molecule has 4 aromatic carbocycles. The van der Waals surface area contributed by atoms with Crippen LogP contribution in [0.1, 0.15) is 41.0 Å². The summed E-state index contributed by atoms with van der Waals surface area (Å²) >= 11 is 6.45. The number of aromatic hydroxyl groups is 1. The van der Waals surface area contributed by atoms with Gasteiger partial charge >= 0.3 is 0 Å². The van der Waals surface area contributed by atoms with Gasteiger partial charge in [0.2, 0.25) is 11.8 Å². The van der Waals surface area contributed by atoms with Gasteiger partial charge in [0.1, 0.15) is 11.5 Å². The molecule has 1 heterocycles. The van der Waals surface area contributed by atoms with Crippen molar-refractivity contribution in [3.05, 3.63) is 142 Å². The Morgan fingerprint density at radius 1 is 0.860 bits per heavy atom. The Labute approximate surface area is 294 Å². The van der Waals surface area contributed by atoms with Gasteiger partial charge in [-0.3, -0.25) is 19.2 Å². The third-order valence-corrected chi connectivity index (χ3v) is 11.7. The number of halogens is 1. The number of hydrogen-bond acceptors (Lipinski definition) is 6. The second kappa shape index (κ2) is 12.0. The van der Waals surface area contributed by atoms with Crippen LogP contribution in [0.4, 0.5) is 5.69 Å². The molecule has 0 bridgehead atoms. The number of methoxy groups -OCH3 is 1. The van der Waals surface area contributed by atoms with E-state index in [9.17, 15) is 14.7 Å². The van der Waals surface area contributed by atoms with Gasteiger partial charge in [-0.05, 0) is 66.6 Å². The van der Waals surface area contributed by atoms with E-state index < -0.39 is 35.0 Å². The Kier molecular flexibility index (Phi) is 7.64. The molecule has 7 nitrogen and oxygen atoms in total. The molecule has 2 amide bonds. The van der Waals surface area contributed by atoms with Gasteiger partial charge in [0.25, 0.3) is 0 Å². The number of phenolic OH excluding ortho intramolecular Hbond substituents is 1. The van der Waals surface area contributed by atoms with Gasteiger partial charge in [-0.2, -0.15) is 0 Å². The van der Waals surface area contributed by atoms with E-state index in [4.69, 9.17) is 16.3 Å². The Morgan fingerprint density at radius 3 is 2.26 bits per heavy atom. The molecule has 0 radical (unpaired) electrons. The molecule has 6 atom stereocenters. The van der Waals surface area contributed by atoms with Crippen LogP contribution in [-0.4, -0.2) is 35.6 Å². The SMILES string of the molecule is COc1ccc(C2C3=CCC4C(=O)N(c5ccc(C)c(Cl)c5)C(=O)C4C3CC3C(=O)C(c4ccccc4)=CC(=O)C32c2ccccc2)c(O)c1. The number of fused-ring (bicyclic) bond motifs is 4. The van der Waals surface area contributed by atoms with Crippen molar-refractivity contribution < 1.29 is 29.0 Å². The van der Waals surface area contributed by atoms with Crippen LogP contribution in [0, 0.1) is 30.6 Å². The van der Waals surface area contributed by atoms with Gasteiger partial charge in [0.05, 0.1) is 30.0 Å². The van der Waals surface area contributed by atoms with Gasteiger partial charge in [-0.25, -0.2) is 4.90 Å². The smallest absolute Gasteiger partial charge is 0.238 e. The van der Waals surface area contributed by atoms with E-state index in [1.807, 2.05) is 73.7 Å². The molecule has 8 heteroatoms. The highest BCUT2D eigenvalue weighted by Gasteiger charge is 2.66. The number of imide groups is 1. The second-order valence-corrected chi connectivity index (χ2v) is 14.1. The zero-order chi connectivity index (χ0) is 34.9. The number of aryl methyl sites for hydroxylation is 1. The van der Waals surface area contributed by atoms with Crippen LogP contribution in [0.25, 0.3) is 5.57 Å². The summed E-state index contributed by atoms with van der Waals surface area (Å²) < 4.78 is 5.41. The normalized spacial score (nSPS) is 27.3. The third-order valence-electron chi connectivity index (χ3n) is 11.3. The first kappa shape index (κ1) is 32.0. The highest BCUT2D eigenvalue weighted by molar-refractivity contribution is 6.33. The van der Waals surface area contributed by atoms with Gasteiger partial charge in [-0.15, -0.1) is 0 Å². The lowest BCUT2D eigenvalue weighted by atomic mass is 9.44. The van der Waals surface area contributed by atoms with E-state index in [1.165, 1.54) is 24.2 Å². The number of ether oxygens (including phenoxy) is 1. The molecule has 1 saturated carbocycles. The number of benzene rings is 4. The second-order valence-electron chi connectivity index (χ2n) is 13.7. The number of ketones is 2. The average Bonchev–Trinajstić information content (AvgIpc) is 3.39. The van der Waals surface area contributed by atoms with E-state index in [1.54, 1.807) is 30.3 Å². The molecule has 0 aromatic heterocycles. The Bertz CT molecular complexity index is 2160. The minimum absolute atomic E-state index is 0.0880. The number of phenols is 1. The maximum Gasteiger partial charge on any atom is 0.238 e. The maximum absolute atomic E-state index is 15.1. The minimum Gasteiger partial charge on any atom is -0.508 e. The average molecular weight is 684 g/mol. The van der Waals surface area contributed by atoms with Crippen molar-refractivity contribution >= 4 is 46.2 Å². The summed E-state index contributed by atoms with van der Waals surface area (Å²) in [6.45, 7) is 1.85. The number of amides is 2. The highest BCUT2D eigenvalue weighted by atomic mass is 35.5. The maximum atomic E-state index is 15.1. The van der Waals surface area contributed by atoms with E-state index in [0.717, 1.165) is 11.1 Å². The number of anilines is 1. The molecular weight excluding hydrogens is 650 g/mol. The molecule has 250 valence electrons. The van der Waals surface area contributed by atoms with E-state index >= 15 is 9.59 Å². The first-order chi connectivity index (χ1) is 24.2. The predicted octanol–water partition coefficient (Wildman–Crippen LogP) is 7.39. The molecule has 50 heavy (non-hydrogen) atoms. The van der Waals surface area contributed by atoms with Crippen molar-refractivity contribution in [2.24, 2.45) is 23.7 Å². The van der Waals surface area contributed by atoms with Crippen LogP contribution < -0.4 is 9.64 Å². The summed E-state index contributed by atoms with van der Waals surface area (Å²) in [4.78, 5) is 60.0. The fourth-order valence-electron chi connectivity index (χ4n) is 9.09.